The Morgan fingerprint density at radius 2 is 1.82 bits per heavy atom. The van der Waals surface area contributed by atoms with E-state index in [4.69, 9.17) is 16.5 Å². The Hall–Kier alpha value is -1.36. The smallest absolute Gasteiger partial charge is 0.222 e. The lowest BCUT2D eigenvalue weighted by Crippen LogP contribution is -2.37. The summed E-state index contributed by atoms with van der Waals surface area (Å²) in [6, 6.07) is 0.263. The summed E-state index contributed by atoms with van der Waals surface area (Å²) in [5.41, 5.74) is 15.1. The quantitative estimate of drug-likeness (QED) is 0.830. The molecule has 1 aromatic rings. The van der Waals surface area contributed by atoms with Crippen LogP contribution in [0, 0.1) is 0 Å². The summed E-state index contributed by atoms with van der Waals surface area (Å²) in [6.45, 7) is 1.90. The van der Waals surface area contributed by atoms with Crippen LogP contribution in [-0.4, -0.2) is 29.1 Å². The Morgan fingerprint density at radius 1 is 1.05 bits per heavy atom. The highest BCUT2D eigenvalue weighted by Gasteiger charge is 2.41. The monoisotopic (exact) mass is 301 g/mol. The zero-order chi connectivity index (χ0) is 15.2. The number of aromatic nitrogens is 2. The highest BCUT2D eigenvalue weighted by atomic mass is 15.2. The fourth-order valence-electron chi connectivity index (χ4n) is 4.84. The molecule has 0 aromatic carbocycles. The highest BCUT2D eigenvalue weighted by Crippen LogP contribution is 2.48. The number of nitrogen functional groups attached to an aromatic ring is 1. The maximum atomic E-state index is 6.10. The van der Waals surface area contributed by atoms with Crippen LogP contribution < -0.4 is 16.4 Å². The van der Waals surface area contributed by atoms with Crippen molar-refractivity contribution >= 4 is 11.8 Å². The first-order valence-electron chi connectivity index (χ1n) is 8.85. The van der Waals surface area contributed by atoms with Gasteiger partial charge < -0.3 is 16.4 Å². The van der Waals surface area contributed by atoms with Crippen LogP contribution in [0.15, 0.2) is 0 Å². The van der Waals surface area contributed by atoms with Crippen molar-refractivity contribution in [2.75, 3.05) is 23.7 Å². The van der Waals surface area contributed by atoms with Gasteiger partial charge in [0.05, 0.1) is 5.69 Å². The van der Waals surface area contributed by atoms with Crippen LogP contribution in [-0.2, 0) is 11.8 Å². The minimum absolute atomic E-state index is 0.263. The predicted molar refractivity (Wildman–Crippen MR) is 89.0 cm³/mol. The molecule has 0 unspecified atom stereocenters. The van der Waals surface area contributed by atoms with E-state index in [-0.39, 0.29) is 11.5 Å². The SMILES string of the molecule is Nc1nc(N2CC[C@@H](N)C2)c2c(n1)C1(CCCCC1)CCC2. The molecule has 2 heterocycles. The minimum Gasteiger partial charge on any atom is -0.368 e. The van der Waals surface area contributed by atoms with E-state index in [9.17, 15) is 0 Å². The first kappa shape index (κ1) is 14.2. The van der Waals surface area contributed by atoms with Crippen LogP contribution in [0.1, 0.15) is 62.6 Å². The molecule has 5 heteroatoms. The normalized spacial score (nSPS) is 27.1. The Morgan fingerprint density at radius 3 is 2.55 bits per heavy atom. The largest absolute Gasteiger partial charge is 0.368 e. The lowest BCUT2D eigenvalue weighted by molar-refractivity contribution is 0.248. The van der Waals surface area contributed by atoms with Crippen molar-refractivity contribution in [3.8, 4) is 0 Å². The summed E-state index contributed by atoms with van der Waals surface area (Å²) >= 11 is 0. The van der Waals surface area contributed by atoms with Gasteiger partial charge in [0, 0.05) is 30.1 Å². The number of hydrogen-bond donors (Lipinski definition) is 2. The fraction of sp³-hybridized carbons (Fsp3) is 0.765. The van der Waals surface area contributed by atoms with E-state index in [1.165, 1.54) is 56.2 Å². The van der Waals surface area contributed by atoms with E-state index in [2.05, 4.69) is 9.88 Å². The maximum Gasteiger partial charge on any atom is 0.222 e. The zero-order valence-corrected chi connectivity index (χ0v) is 13.4. The number of fused-ring (bicyclic) bond motifs is 2. The van der Waals surface area contributed by atoms with Gasteiger partial charge in [-0.25, -0.2) is 4.98 Å². The Kier molecular flexibility index (Phi) is 3.48. The van der Waals surface area contributed by atoms with Crippen LogP contribution in [0.2, 0.25) is 0 Å². The zero-order valence-electron chi connectivity index (χ0n) is 13.4. The van der Waals surface area contributed by atoms with E-state index >= 15 is 0 Å². The Labute approximate surface area is 132 Å². The predicted octanol–water partition coefficient (Wildman–Crippen LogP) is 2.13. The number of nitrogens with zero attached hydrogens (tertiary/aromatic N) is 3. The number of rotatable bonds is 1. The summed E-state index contributed by atoms with van der Waals surface area (Å²) in [4.78, 5) is 11.7. The van der Waals surface area contributed by atoms with Gasteiger partial charge in [-0.3, -0.25) is 0 Å². The molecule has 0 bridgehead atoms. The van der Waals surface area contributed by atoms with Crippen LogP contribution in [0.25, 0.3) is 0 Å². The maximum absolute atomic E-state index is 6.10. The summed E-state index contributed by atoms with van der Waals surface area (Å²) < 4.78 is 0. The third-order valence-corrected chi connectivity index (χ3v) is 5.92. The van der Waals surface area contributed by atoms with E-state index in [0.717, 1.165) is 31.7 Å². The molecule has 1 saturated carbocycles. The summed E-state index contributed by atoms with van der Waals surface area (Å²) in [5, 5.41) is 0. The molecule has 5 nitrogen and oxygen atoms in total. The molecule has 1 atom stereocenters. The molecule has 4 rings (SSSR count). The molecule has 1 aliphatic heterocycles. The van der Waals surface area contributed by atoms with Gasteiger partial charge in [-0.1, -0.05) is 19.3 Å². The standard InChI is InChI=1S/C17H27N5/c18-12-6-10-22(11-12)15-13-5-4-9-17(7-2-1-3-8-17)14(13)20-16(19)21-15/h12H,1-11,18H2,(H2,19,20,21)/t12-/m1/s1. The molecule has 0 radical (unpaired) electrons. The summed E-state index contributed by atoms with van der Waals surface area (Å²) in [5.74, 6) is 1.53. The molecular formula is C17H27N5. The summed E-state index contributed by atoms with van der Waals surface area (Å²) in [7, 11) is 0. The third-order valence-electron chi connectivity index (χ3n) is 5.92. The second-order valence-electron chi connectivity index (χ2n) is 7.42. The lowest BCUT2D eigenvalue weighted by Gasteiger charge is -2.42. The average Bonchev–Trinajstić information content (AvgIpc) is 2.95. The fourth-order valence-corrected chi connectivity index (χ4v) is 4.84. The van der Waals surface area contributed by atoms with Gasteiger partial charge in [-0.05, 0) is 38.5 Å². The third kappa shape index (κ3) is 2.26. The van der Waals surface area contributed by atoms with Crippen LogP contribution >= 0.6 is 0 Å². The van der Waals surface area contributed by atoms with Crippen molar-refractivity contribution in [2.45, 2.75) is 69.2 Å². The molecule has 1 aromatic heterocycles. The molecule has 22 heavy (non-hydrogen) atoms. The van der Waals surface area contributed by atoms with E-state index in [1.807, 2.05) is 0 Å². The van der Waals surface area contributed by atoms with E-state index in [1.54, 1.807) is 0 Å². The van der Waals surface area contributed by atoms with Crippen LogP contribution in [0.3, 0.4) is 0 Å². The van der Waals surface area contributed by atoms with Crippen LogP contribution in [0.4, 0.5) is 11.8 Å². The number of hydrogen-bond acceptors (Lipinski definition) is 5. The van der Waals surface area contributed by atoms with Crippen molar-refractivity contribution in [2.24, 2.45) is 5.73 Å². The number of nitrogens with two attached hydrogens (primary N) is 2. The van der Waals surface area contributed by atoms with Gasteiger partial charge in [0.15, 0.2) is 0 Å². The molecule has 3 aliphatic rings. The molecule has 120 valence electrons. The highest BCUT2D eigenvalue weighted by molar-refractivity contribution is 5.55. The Balaban J connectivity index is 1.79. The van der Waals surface area contributed by atoms with E-state index in [0.29, 0.717) is 5.95 Å². The van der Waals surface area contributed by atoms with Gasteiger partial charge in [-0.2, -0.15) is 4.98 Å². The molecule has 2 fully saturated rings. The first-order chi connectivity index (χ1) is 10.7. The minimum atomic E-state index is 0.263. The molecular weight excluding hydrogens is 274 g/mol. The topological polar surface area (TPSA) is 81.1 Å². The Bertz CT molecular complexity index is 564. The summed E-state index contributed by atoms with van der Waals surface area (Å²) in [6.07, 6.45) is 11.2. The van der Waals surface area contributed by atoms with Gasteiger partial charge >= 0.3 is 0 Å². The first-order valence-corrected chi connectivity index (χ1v) is 8.85. The van der Waals surface area contributed by atoms with Gasteiger partial charge in [0.25, 0.3) is 0 Å². The second kappa shape index (κ2) is 5.37. The molecule has 2 aliphatic carbocycles. The molecule has 1 spiro atoms. The molecule has 4 N–H and O–H groups in total. The average molecular weight is 301 g/mol. The number of anilines is 2. The second-order valence-corrected chi connectivity index (χ2v) is 7.42. The van der Waals surface area contributed by atoms with Crippen molar-refractivity contribution in [1.29, 1.82) is 0 Å². The van der Waals surface area contributed by atoms with Crippen molar-refractivity contribution in [3.05, 3.63) is 11.3 Å². The van der Waals surface area contributed by atoms with E-state index < -0.39 is 0 Å². The lowest BCUT2D eigenvalue weighted by atomic mass is 9.64. The molecule has 1 saturated heterocycles. The van der Waals surface area contributed by atoms with Gasteiger partial charge in [-0.15, -0.1) is 0 Å². The van der Waals surface area contributed by atoms with Gasteiger partial charge in [0.1, 0.15) is 5.82 Å². The van der Waals surface area contributed by atoms with Gasteiger partial charge in [0.2, 0.25) is 5.95 Å². The molecule has 0 amide bonds. The van der Waals surface area contributed by atoms with Crippen LogP contribution in [0.5, 0.6) is 0 Å². The van der Waals surface area contributed by atoms with Crippen molar-refractivity contribution in [1.82, 2.24) is 9.97 Å². The van der Waals surface area contributed by atoms with Crippen molar-refractivity contribution in [3.63, 3.8) is 0 Å². The van der Waals surface area contributed by atoms with Crippen molar-refractivity contribution < 1.29 is 0 Å².